The largest absolute Gasteiger partial charge is 0.480 e. The number of aromatic nitrogens is 2. The van der Waals surface area contributed by atoms with Crippen LogP contribution in [0, 0.1) is 0 Å². The molecule has 1 aromatic carbocycles. The number of benzene rings is 1. The fourth-order valence-corrected chi connectivity index (χ4v) is 5.67. The summed E-state index contributed by atoms with van der Waals surface area (Å²) in [6.07, 6.45) is 3.10. The quantitative estimate of drug-likeness (QED) is 0.341. The average Bonchev–Trinajstić information content (AvgIpc) is 2.90. The number of carbonyl (C=O) groups is 2. The Balaban J connectivity index is 2.16. The Bertz CT molecular complexity index is 1440. The number of hydrogen-bond acceptors (Lipinski definition) is 8. The SMILES string of the molecule is CCCCc1cccc(CC(N)(c2cccc(N(CC(=O)O)C(=O)OC(C)(C)C)n2)S(=O)(=O)c2ccccn2)c1. The number of rotatable bonds is 11. The lowest BCUT2D eigenvalue weighted by Gasteiger charge is -2.30. The number of anilines is 1. The first-order chi connectivity index (χ1) is 18.8. The van der Waals surface area contributed by atoms with Gasteiger partial charge in [0.2, 0.25) is 9.84 Å². The summed E-state index contributed by atoms with van der Waals surface area (Å²) in [5.41, 5.74) is 7.56. The van der Waals surface area contributed by atoms with Gasteiger partial charge in [-0.05, 0) is 69.0 Å². The van der Waals surface area contributed by atoms with E-state index in [0.29, 0.717) is 5.56 Å². The second kappa shape index (κ2) is 12.6. The lowest BCUT2D eigenvalue weighted by molar-refractivity contribution is -0.135. The Morgan fingerprint density at radius 1 is 1.02 bits per heavy atom. The molecule has 0 saturated carbocycles. The lowest BCUT2D eigenvalue weighted by Crippen LogP contribution is -2.48. The minimum absolute atomic E-state index is 0.0754. The van der Waals surface area contributed by atoms with E-state index in [9.17, 15) is 23.1 Å². The number of nitrogens with zero attached hydrogens (tertiary/aromatic N) is 3. The maximum Gasteiger partial charge on any atom is 0.416 e. The van der Waals surface area contributed by atoms with E-state index in [1.165, 1.54) is 30.5 Å². The molecule has 214 valence electrons. The summed E-state index contributed by atoms with van der Waals surface area (Å²) in [5.74, 6) is -1.42. The van der Waals surface area contributed by atoms with Crippen LogP contribution in [0.1, 0.15) is 57.4 Å². The van der Waals surface area contributed by atoms with Gasteiger partial charge in [0.1, 0.15) is 18.0 Å². The molecule has 1 amide bonds. The molecule has 0 aliphatic heterocycles. The Morgan fingerprint density at radius 2 is 1.73 bits per heavy atom. The predicted molar refractivity (Wildman–Crippen MR) is 151 cm³/mol. The van der Waals surface area contributed by atoms with Crippen molar-refractivity contribution in [2.24, 2.45) is 5.73 Å². The molecule has 0 radical (unpaired) electrons. The summed E-state index contributed by atoms with van der Waals surface area (Å²) in [5, 5.41) is 9.24. The first-order valence-electron chi connectivity index (χ1n) is 13.0. The maximum absolute atomic E-state index is 14.1. The molecule has 3 rings (SSSR count). The Labute approximate surface area is 235 Å². The third-order valence-corrected chi connectivity index (χ3v) is 8.13. The van der Waals surface area contributed by atoms with Gasteiger partial charge in [-0.15, -0.1) is 0 Å². The van der Waals surface area contributed by atoms with Crippen molar-refractivity contribution >= 4 is 27.7 Å². The van der Waals surface area contributed by atoms with Crippen LogP contribution in [0.25, 0.3) is 0 Å². The van der Waals surface area contributed by atoms with Crippen molar-refractivity contribution in [3.8, 4) is 0 Å². The third kappa shape index (κ3) is 7.42. The number of carbonyl (C=O) groups excluding carboxylic acids is 1. The molecule has 0 aliphatic rings. The second-order valence-electron chi connectivity index (χ2n) is 10.5. The van der Waals surface area contributed by atoms with Crippen LogP contribution in [-0.4, -0.2) is 47.7 Å². The average molecular weight is 569 g/mol. The molecule has 0 bridgehead atoms. The van der Waals surface area contributed by atoms with Gasteiger partial charge in [-0.25, -0.2) is 23.2 Å². The normalized spacial score (nSPS) is 13.3. The van der Waals surface area contributed by atoms with Crippen LogP contribution in [0.15, 0.2) is 71.9 Å². The van der Waals surface area contributed by atoms with E-state index in [-0.39, 0.29) is 23.0 Å². The van der Waals surface area contributed by atoms with E-state index in [2.05, 4.69) is 16.9 Å². The topological polar surface area (TPSA) is 153 Å². The zero-order chi connectivity index (χ0) is 29.6. The number of aryl methyl sites for hydroxylation is 1. The molecule has 0 aliphatic carbocycles. The molecule has 1 atom stereocenters. The van der Waals surface area contributed by atoms with Crippen molar-refractivity contribution in [2.75, 3.05) is 11.4 Å². The fourth-order valence-electron chi connectivity index (χ4n) is 4.10. The highest BCUT2D eigenvalue weighted by atomic mass is 32.2. The van der Waals surface area contributed by atoms with Gasteiger partial charge in [0, 0.05) is 12.6 Å². The molecular formula is C29H36N4O6S. The Kier molecular flexibility index (Phi) is 9.65. The smallest absolute Gasteiger partial charge is 0.416 e. The fraction of sp³-hybridized carbons (Fsp3) is 0.379. The van der Waals surface area contributed by atoms with Gasteiger partial charge < -0.3 is 15.6 Å². The van der Waals surface area contributed by atoms with Gasteiger partial charge in [-0.1, -0.05) is 49.7 Å². The summed E-state index contributed by atoms with van der Waals surface area (Å²) in [6, 6.07) is 16.4. The standard InChI is InChI=1S/C29H36N4O6S/c1-5-6-11-21-12-9-13-22(18-21)19-29(30,40(37,38)25-16-7-8-17-31-25)23-14-10-15-24(32-23)33(20-26(34)35)27(36)39-28(2,3)4/h7-10,12-18H,5-6,11,19-20,30H2,1-4H3,(H,34,35). The van der Waals surface area contributed by atoms with E-state index in [4.69, 9.17) is 10.5 Å². The summed E-state index contributed by atoms with van der Waals surface area (Å²) < 4.78 is 33.5. The van der Waals surface area contributed by atoms with Crippen molar-refractivity contribution < 1.29 is 27.9 Å². The molecule has 40 heavy (non-hydrogen) atoms. The first-order valence-corrected chi connectivity index (χ1v) is 14.5. The van der Waals surface area contributed by atoms with Gasteiger partial charge in [-0.2, -0.15) is 0 Å². The van der Waals surface area contributed by atoms with Crippen molar-refractivity contribution in [3.05, 3.63) is 83.7 Å². The number of aliphatic carboxylic acids is 1. The van der Waals surface area contributed by atoms with Crippen LogP contribution in [0.5, 0.6) is 0 Å². The molecule has 2 heterocycles. The lowest BCUT2D eigenvalue weighted by atomic mass is 9.99. The van der Waals surface area contributed by atoms with Crippen LogP contribution in [0.4, 0.5) is 10.6 Å². The van der Waals surface area contributed by atoms with Crippen molar-refractivity contribution in [2.45, 2.75) is 68.9 Å². The highest BCUT2D eigenvalue weighted by Crippen LogP contribution is 2.34. The highest BCUT2D eigenvalue weighted by molar-refractivity contribution is 7.92. The number of carboxylic acids is 1. The number of nitrogens with two attached hydrogens (primary N) is 1. The molecule has 0 fully saturated rings. The molecule has 11 heteroatoms. The molecular weight excluding hydrogens is 532 g/mol. The second-order valence-corrected chi connectivity index (χ2v) is 12.7. The van der Waals surface area contributed by atoms with Gasteiger partial charge >= 0.3 is 12.1 Å². The summed E-state index contributed by atoms with van der Waals surface area (Å²) >= 11 is 0. The Morgan fingerprint density at radius 3 is 2.35 bits per heavy atom. The number of sulfone groups is 1. The molecule has 0 saturated heterocycles. The predicted octanol–water partition coefficient (Wildman–Crippen LogP) is 4.47. The monoisotopic (exact) mass is 568 g/mol. The summed E-state index contributed by atoms with van der Waals surface area (Å²) in [7, 11) is -4.34. The number of unbranched alkanes of at least 4 members (excludes halogenated alkanes) is 1. The van der Waals surface area contributed by atoms with Crippen molar-refractivity contribution in [1.29, 1.82) is 0 Å². The molecule has 2 aromatic heterocycles. The zero-order valence-corrected chi connectivity index (χ0v) is 24.0. The van der Waals surface area contributed by atoms with Crippen molar-refractivity contribution in [1.82, 2.24) is 9.97 Å². The van der Waals surface area contributed by atoms with Crippen LogP contribution in [-0.2, 0) is 37.1 Å². The molecule has 3 N–H and O–H groups in total. The van der Waals surface area contributed by atoms with Gasteiger partial charge in [0.15, 0.2) is 9.90 Å². The summed E-state index contributed by atoms with van der Waals surface area (Å²) in [4.78, 5) is 31.8. The molecule has 0 spiro atoms. The van der Waals surface area contributed by atoms with Gasteiger partial charge in [0.05, 0.1) is 5.69 Å². The Hall–Kier alpha value is -3.83. The van der Waals surface area contributed by atoms with Crippen molar-refractivity contribution in [3.63, 3.8) is 0 Å². The molecule has 3 aromatic rings. The highest BCUT2D eigenvalue weighted by Gasteiger charge is 2.45. The van der Waals surface area contributed by atoms with Crippen LogP contribution in [0.3, 0.4) is 0 Å². The zero-order valence-electron chi connectivity index (χ0n) is 23.2. The van der Waals surface area contributed by atoms with Crippen LogP contribution in [0.2, 0.25) is 0 Å². The van der Waals surface area contributed by atoms with E-state index in [1.807, 2.05) is 18.2 Å². The minimum Gasteiger partial charge on any atom is -0.480 e. The van der Waals surface area contributed by atoms with E-state index in [1.54, 1.807) is 39.0 Å². The number of pyridine rings is 2. The van der Waals surface area contributed by atoms with Crippen LogP contribution < -0.4 is 10.6 Å². The van der Waals surface area contributed by atoms with E-state index in [0.717, 1.165) is 29.7 Å². The van der Waals surface area contributed by atoms with Gasteiger partial charge in [0.25, 0.3) is 0 Å². The maximum atomic E-state index is 14.1. The number of carboxylic acid groups (broad SMARTS) is 1. The van der Waals surface area contributed by atoms with E-state index < -0.39 is 38.9 Å². The minimum atomic E-state index is -4.34. The van der Waals surface area contributed by atoms with Crippen LogP contribution >= 0.6 is 0 Å². The third-order valence-electron chi connectivity index (χ3n) is 6.02. The molecule has 1 unspecified atom stereocenters. The number of hydrogen-bond donors (Lipinski definition) is 2. The van der Waals surface area contributed by atoms with Gasteiger partial charge in [-0.3, -0.25) is 9.69 Å². The number of ether oxygens (including phenoxy) is 1. The first kappa shape index (κ1) is 30.7. The summed E-state index contributed by atoms with van der Waals surface area (Å²) in [6.45, 7) is 6.28. The number of amides is 1. The molecule has 10 nitrogen and oxygen atoms in total. The van der Waals surface area contributed by atoms with E-state index >= 15 is 0 Å².